The molecule has 27 nitrogen and oxygen atoms in total. The second-order valence-electron chi connectivity index (χ2n) is 27.1. The molecule has 0 aliphatic carbocycles. The number of benzene rings is 1. The second-order valence-corrected chi connectivity index (χ2v) is 29.2. The molecule has 0 bridgehead atoms. The van der Waals surface area contributed by atoms with Gasteiger partial charge in [-0.25, -0.2) is 39.6 Å². The van der Waals surface area contributed by atoms with Gasteiger partial charge in [0.25, 0.3) is 0 Å². The van der Waals surface area contributed by atoms with Crippen LogP contribution in [0.4, 0.5) is 23.0 Å². The van der Waals surface area contributed by atoms with Gasteiger partial charge in [-0.2, -0.15) is 0 Å². The van der Waals surface area contributed by atoms with Gasteiger partial charge in [0.05, 0.1) is 94.4 Å². The Morgan fingerprint density at radius 2 is 1.19 bits per heavy atom. The average Bonchev–Trinajstić information content (AvgIpc) is 1.59. The highest BCUT2D eigenvalue weighted by atomic mass is 32.1. The van der Waals surface area contributed by atoms with Gasteiger partial charge in [-0.3, -0.25) is 49.6 Å². The Kier molecular flexibility index (Phi) is 18.5. The Labute approximate surface area is 586 Å². The van der Waals surface area contributed by atoms with E-state index in [-0.39, 0.29) is 84.0 Å². The minimum atomic E-state index is -0.652. The summed E-state index contributed by atoms with van der Waals surface area (Å²) in [5.41, 5.74) is 17.5. The van der Waals surface area contributed by atoms with Crippen LogP contribution in [0.25, 0.3) is 32.4 Å². The number of imidazole rings is 1. The lowest BCUT2D eigenvalue weighted by molar-refractivity contribution is -0.133. The van der Waals surface area contributed by atoms with E-state index < -0.39 is 10.8 Å². The maximum absolute atomic E-state index is 14.5. The van der Waals surface area contributed by atoms with Crippen molar-refractivity contribution in [2.45, 2.75) is 85.0 Å². The molecule has 1 aromatic carbocycles. The highest BCUT2D eigenvalue weighted by Gasteiger charge is 2.53. The number of nitrogens with two attached hydrogens (primary N) is 2. The molecule has 2 spiro atoms. The topological polar surface area (TPSA) is 328 Å². The third-order valence-corrected chi connectivity index (χ3v) is 21.7. The predicted molar refractivity (Wildman–Crippen MR) is 382 cm³/mol. The van der Waals surface area contributed by atoms with Crippen molar-refractivity contribution in [3.05, 3.63) is 136 Å². The van der Waals surface area contributed by atoms with Crippen LogP contribution in [-0.4, -0.2) is 202 Å². The first-order valence-electron chi connectivity index (χ1n) is 33.7. The molecule has 518 valence electrons. The number of thiazole rings is 2. The zero-order valence-electron chi connectivity index (χ0n) is 56.8. The number of hydrogen-bond acceptors (Lipinski definition) is 23. The summed E-state index contributed by atoms with van der Waals surface area (Å²) in [5, 5.41) is 25.2. The first kappa shape index (κ1) is 67.1. The van der Waals surface area contributed by atoms with Gasteiger partial charge in [-0.05, 0) is 139 Å². The highest BCUT2D eigenvalue weighted by molar-refractivity contribution is 7.16. The lowest BCUT2D eigenvalue weighted by Crippen LogP contribution is -2.43. The van der Waals surface area contributed by atoms with E-state index in [1.54, 1.807) is 100 Å². The molecule has 29 heteroatoms. The number of nitrogens with zero attached hydrogens (tertiary/aromatic N) is 16. The number of likely N-dealkylation sites (tertiary alicyclic amines) is 2. The number of carbonyl (C=O) groups excluding carboxylic acids is 4. The van der Waals surface area contributed by atoms with Crippen LogP contribution in [0.1, 0.15) is 104 Å². The number of pyridine rings is 3. The molecule has 7 aromatic heterocycles. The number of rotatable bonds is 21. The van der Waals surface area contributed by atoms with Gasteiger partial charge >= 0.3 is 0 Å². The zero-order chi connectivity index (χ0) is 69.7. The van der Waals surface area contributed by atoms with Crippen molar-refractivity contribution in [1.82, 2.24) is 68.8 Å². The van der Waals surface area contributed by atoms with Crippen LogP contribution in [-0.2, 0) is 32.8 Å². The molecule has 13 heterocycles. The number of nitrogens with one attached hydrogen (secondary N) is 2. The minimum Gasteiger partial charge on any atom is -0.493 e. The Morgan fingerprint density at radius 3 is 1.73 bits per heavy atom. The highest BCUT2D eigenvalue weighted by Crippen LogP contribution is 2.45. The molecule has 4 amide bonds. The SMILES string of the molecule is COc1cc(C(=N)c2nc(N3CC[C@]4(CCN(CC(=O)N5CC=C(c6ncc(-c7ncn(Cc8cc(C(=N)c9nc(N%10CC[C@]%11(CCN(CC(=O)N%12CC=C(c%13ncc(-c%14cn(C)cn%14)s%13)CC%12)C%11)C%10=O)ccc9N)cnc8OC(C)C)n7)s6)CC5)C4)C3=O)ccc2N)ccc1OC(C)C. The van der Waals surface area contributed by atoms with E-state index in [1.165, 1.54) is 11.3 Å². The van der Waals surface area contributed by atoms with Crippen LogP contribution in [0.2, 0.25) is 0 Å². The minimum absolute atomic E-state index is 0.00149. The summed E-state index contributed by atoms with van der Waals surface area (Å²) in [6.07, 6.45) is 18.3. The Hall–Kier alpha value is -10.1. The molecule has 0 radical (unpaired) electrons. The molecule has 4 fully saturated rings. The number of aromatic nitrogens is 10. The largest absolute Gasteiger partial charge is 0.493 e. The monoisotopic (exact) mass is 1390 g/mol. The molecule has 2 atom stereocenters. The van der Waals surface area contributed by atoms with Crippen LogP contribution in [0, 0.1) is 21.6 Å². The zero-order valence-corrected chi connectivity index (χ0v) is 58.4. The molecule has 6 aliphatic rings. The smallest absolute Gasteiger partial charge is 0.237 e. The lowest BCUT2D eigenvalue weighted by Gasteiger charge is -2.28. The number of nitrogen functional groups attached to an aromatic ring is 2. The number of amides is 4. The van der Waals surface area contributed by atoms with Crippen molar-refractivity contribution in [2.24, 2.45) is 17.9 Å². The van der Waals surface area contributed by atoms with Gasteiger partial charge in [0.1, 0.15) is 39.4 Å². The van der Waals surface area contributed by atoms with Crippen LogP contribution in [0.5, 0.6) is 17.4 Å². The fourth-order valence-electron chi connectivity index (χ4n) is 14.2. The fourth-order valence-corrected chi connectivity index (χ4v) is 16.1. The standard InChI is InChI=1S/C71H80N20O7S2/c1-42(2)97-52-10-7-46(30-53(52)96-6)60(74)62-49(72)8-11-56(81-62)90-27-19-70(68(90)94)17-25-86(38-70)37-59(93)88-23-15-45(16-24-88)67-78-33-55(100-67)64-80-41-89(83-64)34-48-29-47(31-76-65(48)98-43(3)4)61(75)63-50(73)9-12-57(82-63)91-28-20-71(69(91)95)18-26-85(39-71)36-58(92)87-21-13-44(14-22-87)66-77-32-54(99-66)51-35-84(5)40-79-51/h7-13,15,29-33,35,40-43,74-75H,14,16-28,34,36-39,72-73H2,1-6H3/t70-,71-/m0/s1. The molecule has 100 heavy (non-hydrogen) atoms. The molecule has 6 aliphatic heterocycles. The van der Waals surface area contributed by atoms with E-state index in [0.717, 1.165) is 36.6 Å². The number of aryl methyl sites for hydroxylation is 1. The molecule has 6 N–H and O–H groups in total. The van der Waals surface area contributed by atoms with Crippen molar-refractivity contribution in [3.63, 3.8) is 0 Å². The van der Waals surface area contributed by atoms with Gasteiger partial charge in [-0.1, -0.05) is 12.2 Å². The molecular formula is C71H80N20O7S2. The number of methoxy groups -OCH3 is 1. The van der Waals surface area contributed by atoms with Crippen LogP contribution in [0.3, 0.4) is 0 Å². The number of hydrogen-bond donors (Lipinski definition) is 4. The van der Waals surface area contributed by atoms with Gasteiger partial charge in [0.15, 0.2) is 17.3 Å². The third kappa shape index (κ3) is 13.5. The van der Waals surface area contributed by atoms with Crippen molar-refractivity contribution in [3.8, 4) is 38.7 Å². The molecule has 0 unspecified atom stereocenters. The summed E-state index contributed by atoms with van der Waals surface area (Å²) in [5.74, 6) is 2.70. The summed E-state index contributed by atoms with van der Waals surface area (Å²) in [6.45, 7) is 13.5. The molecule has 8 aromatic rings. The van der Waals surface area contributed by atoms with Crippen LogP contribution < -0.4 is 35.5 Å². The van der Waals surface area contributed by atoms with Crippen molar-refractivity contribution in [2.75, 3.05) is 107 Å². The molecule has 14 rings (SSSR count). The van der Waals surface area contributed by atoms with Crippen LogP contribution >= 0.6 is 22.7 Å². The summed E-state index contributed by atoms with van der Waals surface area (Å²) in [4.78, 5) is 102. The van der Waals surface area contributed by atoms with E-state index in [2.05, 4.69) is 41.9 Å². The maximum Gasteiger partial charge on any atom is 0.237 e. The normalized spacial score (nSPS) is 19.7. The molecule has 4 saturated heterocycles. The Morgan fingerprint density at radius 1 is 0.630 bits per heavy atom. The van der Waals surface area contributed by atoms with Crippen molar-refractivity contribution < 1.29 is 33.4 Å². The maximum atomic E-state index is 14.5. The fraction of sp³-hybridized carbons (Fsp3) is 0.408. The Balaban J connectivity index is 0.567. The van der Waals surface area contributed by atoms with Gasteiger partial charge in [-0.15, -0.1) is 27.8 Å². The van der Waals surface area contributed by atoms with E-state index in [4.69, 9.17) is 51.1 Å². The molecule has 0 saturated carbocycles. The van der Waals surface area contributed by atoms with E-state index in [9.17, 15) is 24.6 Å². The first-order chi connectivity index (χ1) is 48.2. The van der Waals surface area contributed by atoms with Gasteiger partial charge in [0, 0.05) is 101 Å². The molecular weight excluding hydrogens is 1310 g/mol. The van der Waals surface area contributed by atoms with Crippen LogP contribution in [0.15, 0.2) is 98.1 Å². The van der Waals surface area contributed by atoms with Gasteiger partial charge < -0.3 is 40.0 Å². The summed E-state index contributed by atoms with van der Waals surface area (Å²) >= 11 is 3.09. The number of ether oxygens (including phenoxy) is 3. The quantitative estimate of drug-likeness (QED) is 0.0504. The van der Waals surface area contributed by atoms with E-state index in [0.29, 0.717) is 161 Å². The summed E-state index contributed by atoms with van der Waals surface area (Å²) in [7, 11) is 3.49. The van der Waals surface area contributed by atoms with Crippen molar-refractivity contribution >= 4 is 91.9 Å². The first-order valence-corrected chi connectivity index (χ1v) is 35.4. The second kappa shape index (κ2) is 27.5. The predicted octanol–water partition coefficient (Wildman–Crippen LogP) is 7.56. The lowest BCUT2D eigenvalue weighted by atomic mass is 9.85. The van der Waals surface area contributed by atoms with E-state index in [1.807, 2.05) is 67.6 Å². The van der Waals surface area contributed by atoms with Crippen molar-refractivity contribution in [1.29, 1.82) is 10.8 Å². The third-order valence-electron chi connectivity index (χ3n) is 19.6. The number of carbonyl (C=O) groups is 4. The average molecular weight is 1390 g/mol. The van der Waals surface area contributed by atoms with E-state index >= 15 is 0 Å². The number of anilines is 4. The summed E-state index contributed by atoms with van der Waals surface area (Å²) < 4.78 is 21.2. The van der Waals surface area contributed by atoms with Gasteiger partial charge in [0.2, 0.25) is 29.5 Å². The Bertz CT molecular complexity index is 4610. The summed E-state index contributed by atoms with van der Waals surface area (Å²) in [6, 6.07) is 13.9.